The summed E-state index contributed by atoms with van der Waals surface area (Å²) in [5.74, 6) is 0. The third-order valence-electron chi connectivity index (χ3n) is 4.16. The quantitative estimate of drug-likeness (QED) is 0.837. The maximum atomic E-state index is 3.69. The zero-order valence-corrected chi connectivity index (χ0v) is 10.7. The molecule has 1 heterocycles. The van der Waals surface area contributed by atoms with Crippen LogP contribution in [0.4, 0.5) is 11.4 Å². The van der Waals surface area contributed by atoms with Crippen molar-refractivity contribution in [2.45, 2.75) is 44.6 Å². The molecule has 0 atom stereocenters. The van der Waals surface area contributed by atoms with Crippen LogP contribution in [-0.4, -0.2) is 19.6 Å². The lowest BCUT2D eigenvalue weighted by Gasteiger charge is -2.28. The summed E-state index contributed by atoms with van der Waals surface area (Å²) in [5, 5.41) is 3.69. The molecule has 1 aromatic carbocycles. The van der Waals surface area contributed by atoms with Crippen LogP contribution >= 0.6 is 0 Å². The fourth-order valence-electron chi connectivity index (χ4n) is 3.18. The van der Waals surface area contributed by atoms with Crippen molar-refractivity contribution in [2.75, 3.05) is 23.8 Å². The van der Waals surface area contributed by atoms with Crippen molar-refractivity contribution in [2.24, 2.45) is 0 Å². The molecule has 0 bridgehead atoms. The predicted octanol–water partition coefficient (Wildman–Crippen LogP) is 3.42. The molecule has 0 aromatic heterocycles. The van der Waals surface area contributed by atoms with Gasteiger partial charge in [0.25, 0.3) is 0 Å². The minimum Gasteiger partial charge on any atom is -0.382 e. The van der Waals surface area contributed by atoms with Gasteiger partial charge in [0, 0.05) is 31.0 Å². The highest BCUT2D eigenvalue weighted by molar-refractivity contribution is 5.62. The van der Waals surface area contributed by atoms with Gasteiger partial charge in [-0.05, 0) is 49.4 Å². The first kappa shape index (κ1) is 10.9. The minimum absolute atomic E-state index is 0.717. The van der Waals surface area contributed by atoms with Crippen molar-refractivity contribution in [3.8, 4) is 0 Å². The summed E-state index contributed by atoms with van der Waals surface area (Å²) in [6.45, 7) is 1.20. The molecule has 0 spiro atoms. The molecule has 0 unspecified atom stereocenters. The summed E-state index contributed by atoms with van der Waals surface area (Å²) in [6, 6.07) is 7.61. The van der Waals surface area contributed by atoms with Gasteiger partial charge in [-0.1, -0.05) is 12.8 Å². The van der Waals surface area contributed by atoms with Crippen LogP contribution in [0.1, 0.15) is 37.7 Å². The SMILES string of the molecule is CN1CCCc2cc(NC3CCCC3)ccc21. The number of fused-ring (bicyclic) bond motifs is 1. The molecular weight excluding hydrogens is 208 g/mol. The van der Waals surface area contributed by atoms with Crippen LogP contribution in [0, 0.1) is 0 Å². The van der Waals surface area contributed by atoms with Gasteiger partial charge in [-0.2, -0.15) is 0 Å². The molecule has 1 aromatic rings. The Morgan fingerprint density at radius 3 is 2.82 bits per heavy atom. The average molecular weight is 230 g/mol. The van der Waals surface area contributed by atoms with Crippen molar-refractivity contribution in [3.05, 3.63) is 23.8 Å². The summed E-state index contributed by atoms with van der Waals surface area (Å²) in [6.07, 6.45) is 8.00. The molecule has 92 valence electrons. The summed E-state index contributed by atoms with van der Waals surface area (Å²) < 4.78 is 0. The molecule has 1 saturated carbocycles. The van der Waals surface area contributed by atoms with E-state index in [1.54, 1.807) is 0 Å². The summed E-state index contributed by atoms with van der Waals surface area (Å²) >= 11 is 0. The fourth-order valence-corrected chi connectivity index (χ4v) is 3.18. The molecule has 0 amide bonds. The molecule has 3 rings (SSSR count). The second-order valence-electron chi connectivity index (χ2n) is 5.49. The number of hydrogen-bond acceptors (Lipinski definition) is 2. The average Bonchev–Trinajstić information content (AvgIpc) is 2.82. The summed E-state index contributed by atoms with van der Waals surface area (Å²) in [4.78, 5) is 2.37. The molecule has 1 aliphatic carbocycles. The van der Waals surface area contributed by atoms with E-state index < -0.39 is 0 Å². The largest absolute Gasteiger partial charge is 0.382 e. The third-order valence-corrected chi connectivity index (χ3v) is 4.16. The lowest BCUT2D eigenvalue weighted by atomic mass is 10.0. The van der Waals surface area contributed by atoms with Crippen molar-refractivity contribution < 1.29 is 0 Å². The monoisotopic (exact) mass is 230 g/mol. The van der Waals surface area contributed by atoms with Gasteiger partial charge < -0.3 is 10.2 Å². The van der Waals surface area contributed by atoms with Crippen LogP contribution < -0.4 is 10.2 Å². The number of hydrogen-bond donors (Lipinski definition) is 1. The van der Waals surface area contributed by atoms with E-state index in [0.717, 1.165) is 6.04 Å². The van der Waals surface area contributed by atoms with Crippen LogP contribution in [0.3, 0.4) is 0 Å². The van der Waals surface area contributed by atoms with Gasteiger partial charge in [0.2, 0.25) is 0 Å². The zero-order chi connectivity index (χ0) is 11.7. The first-order valence-corrected chi connectivity index (χ1v) is 6.93. The Hall–Kier alpha value is -1.18. The standard InChI is InChI=1S/C15H22N2/c1-17-10-4-5-12-11-14(8-9-15(12)17)16-13-6-2-3-7-13/h8-9,11,13,16H,2-7,10H2,1H3. The molecule has 0 saturated heterocycles. The molecular formula is C15H22N2. The van der Waals surface area contributed by atoms with Crippen LogP contribution in [-0.2, 0) is 6.42 Å². The first-order valence-electron chi connectivity index (χ1n) is 6.93. The van der Waals surface area contributed by atoms with E-state index in [1.807, 2.05) is 0 Å². The lowest BCUT2D eigenvalue weighted by molar-refractivity contribution is 0.739. The maximum absolute atomic E-state index is 3.69. The Morgan fingerprint density at radius 1 is 1.18 bits per heavy atom. The van der Waals surface area contributed by atoms with E-state index in [9.17, 15) is 0 Å². The molecule has 0 radical (unpaired) electrons. The van der Waals surface area contributed by atoms with Gasteiger partial charge >= 0.3 is 0 Å². The molecule has 2 heteroatoms. The van der Waals surface area contributed by atoms with E-state index in [-0.39, 0.29) is 0 Å². The molecule has 1 N–H and O–H groups in total. The minimum atomic E-state index is 0.717. The van der Waals surface area contributed by atoms with E-state index in [4.69, 9.17) is 0 Å². The van der Waals surface area contributed by atoms with E-state index in [1.165, 1.54) is 62.0 Å². The highest BCUT2D eigenvalue weighted by Gasteiger charge is 2.17. The fraction of sp³-hybridized carbons (Fsp3) is 0.600. The Bertz CT molecular complexity index is 394. The van der Waals surface area contributed by atoms with Crippen LogP contribution in [0.15, 0.2) is 18.2 Å². The molecule has 2 aliphatic rings. The maximum Gasteiger partial charge on any atom is 0.0397 e. The number of nitrogens with one attached hydrogen (secondary N) is 1. The Labute approximate surface area is 104 Å². The van der Waals surface area contributed by atoms with Crippen LogP contribution in [0.2, 0.25) is 0 Å². The molecule has 1 aliphatic heterocycles. The van der Waals surface area contributed by atoms with Crippen LogP contribution in [0.25, 0.3) is 0 Å². The van der Waals surface area contributed by atoms with Crippen molar-refractivity contribution in [1.29, 1.82) is 0 Å². The predicted molar refractivity (Wildman–Crippen MR) is 73.9 cm³/mol. The van der Waals surface area contributed by atoms with Crippen LogP contribution in [0.5, 0.6) is 0 Å². The van der Waals surface area contributed by atoms with E-state index in [0.29, 0.717) is 0 Å². The highest BCUT2D eigenvalue weighted by Crippen LogP contribution is 2.30. The van der Waals surface area contributed by atoms with E-state index in [2.05, 4.69) is 35.5 Å². The van der Waals surface area contributed by atoms with Gasteiger partial charge in [-0.3, -0.25) is 0 Å². The lowest BCUT2D eigenvalue weighted by Crippen LogP contribution is -2.24. The topological polar surface area (TPSA) is 15.3 Å². The number of nitrogens with zero attached hydrogens (tertiary/aromatic N) is 1. The smallest absolute Gasteiger partial charge is 0.0397 e. The van der Waals surface area contributed by atoms with Gasteiger partial charge in [0.1, 0.15) is 0 Å². The molecule has 2 nitrogen and oxygen atoms in total. The Morgan fingerprint density at radius 2 is 2.00 bits per heavy atom. The Kier molecular flexibility index (Phi) is 2.96. The highest BCUT2D eigenvalue weighted by atomic mass is 15.1. The van der Waals surface area contributed by atoms with Gasteiger partial charge in [0.15, 0.2) is 0 Å². The van der Waals surface area contributed by atoms with E-state index >= 15 is 0 Å². The second kappa shape index (κ2) is 4.59. The summed E-state index contributed by atoms with van der Waals surface area (Å²) in [7, 11) is 2.20. The second-order valence-corrected chi connectivity index (χ2v) is 5.49. The molecule has 1 fully saturated rings. The van der Waals surface area contributed by atoms with Crippen molar-refractivity contribution >= 4 is 11.4 Å². The summed E-state index contributed by atoms with van der Waals surface area (Å²) in [5.41, 5.74) is 4.26. The number of aryl methyl sites for hydroxylation is 1. The first-order chi connectivity index (χ1) is 8.33. The Balaban J connectivity index is 1.77. The third kappa shape index (κ3) is 2.26. The van der Waals surface area contributed by atoms with Crippen molar-refractivity contribution in [1.82, 2.24) is 0 Å². The molecule has 17 heavy (non-hydrogen) atoms. The van der Waals surface area contributed by atoms with Gasteiger partial charge in [-0.25, -0.2) is 0 Å². The van der Waals surface area contributed by atoms with Gasteiger partial charge in [0.05, 0.1) is 0 Å². The number of benzene rings is 1. The normalized spacial score (nSPS) is 20.4. The number of anilines is 2. The van der Waals surface area contributed by atoms with Gasteiger partial charge in [-0.15, -0.1) is 0 Å². The zero-order valence-electron chi connectivity index (χ0n) is 10.7. The number of rotatable bonds is 2. The van der Waals surface area contributed by atoms with Crippen molar-refractivity contribution in [3.63, 3.8) is 0 Å².